The number of fused-ring (bicyclic) bond motifs is 1. The maximum Gasteiger partial charge on any atom is 0.338 e. The van der Waals surface area contributed by atoms with E-state index in [1.807, 2.05) is 44.4 Å². The van der Waals surface area contributed by atoms with E-state index in [0.717, 1.165) is 27.8 Å². The van der Waals surface area contributed by atoms with Crippen LogP contribution in [-0.2, 0) is 11.8 Å². The van der Waals surface area contributed by atoms with Crippen LogP contribution in [0.1, 0.15) is 15.9 Å². The summed E-state index contributed by atoms with van der Waals surface area (Å²) in [6, 6.07) is 7.62. The van der Waals surface area contributed by atoms with E-state index in [1.165, 1.54) is 7.11 Å². The first kappa shape index (κ1) is 16.0. The minimum Gasteiger partial charge on any atom is -0.465 e. The molecule has 0 unspecified atom stereocenters. The van der Waals surface area contributed by atoms with Crippen molar-refractivity contribution in [3.05, 3.63) is 54.0 Å². The molecule has 0 spiro atoms. The molecule has 4 rings (SSSR count). The molecule has 7 nitrogen and oxygen atoms in total. The zero-order valence-electron chi connectivity index (χ0n) is 14.6. The number of nitrogens with one attached hydrogen (secondary N) is 1. The van der Waals surface area contributed by atoms with Crippen molar-refractivity contribution >= 4 is 17.1 Å². The standard InChI is InChI=1S/C19H17N5O2/c1-11-4-5-12(8-15(11)19(25)26-3)14-6-7-20-18-16(14)22-17(23-18)13-9-21-24(2)10-13/h4-10H,1-3H3,(H,20,22,23). The largest absolute Gasteiger partial charge is 0.465 e. The minimum absolute atomic E-state index is 0.352. The third kappa shape index (κ3) is 2.63. The van der Waals surface area contributed by atoms with Crippen LogP contribution < -0.4 is 0 Å². The van der Waals surface area contributed by atoms with E-state index in [0.29, 0.717) is 17.0 Å². The second kappa shape index (κ2) is 6.11. The lowest BCUT2D eigenvalue weighted by molar-refractivity contribution is 0.0600. The van der Waals surface area contributed by atoms with E-state index >= 15 is 0 Å². The van der Waals surface area contributed by atoms with Crippen LogP contribution >= 0.6 is 0 Å². The SMILES string of the molecule is COC(=O)c1cc(-c2ccnc3nc(-c4cnn(C)c4)[nH]c23)ccc1C. The van der Waals surface area contributed by atoms with Crippen molar-refractivity contribution in [3.63, 3.8) is 0 Å². The van der Waals surface area contributed by atoms with Gasteiger partial charge in [0.15, 0.2) is 5.65 Å². The summed E-state index contributed by atoms with van der Waals surface area (Å²) in [4.78, 5) is 24.2. The van der Waals surface area contributed by atoms with Gasteiger partial charge in [0.2, 0.25) is 0 Å². The van der Waals surface area contributed by atoms with Gasteiger partial charge in [-0.1, -0.05) is 12.1 Å². The summed E-state index contributed by atoms with van der Waals surface area (Å²) in [5.41, 5.74) is 5.53. The van der Waals surface area contributed by atoms with Gasteiger partial charge in [0.25, 0.3) is 0 Å². The molecule has 26 heavy (non-hydrogen) atoms. The molecule has 0 aliphatic carbocycles. The summed E-state index contributed by atoms with van der Waals surface area (Å²) in [7, 11) is 3.24. The first-order valence-electron chi connectivity index (χ1n) is 8.10. The summed E-state index contributed by atoms with van der Waals surface area (Å²) in [5, 5.41) is 4.18. The van der Waals surface area contributed by atoms with Crippen LogP contribution in [-0.4, -0.2) is 37.8 Å². The van der Waals surface area contributed by atoms with E-state index in [2.05, 4.69) is 20.1 Å². The monoisotopic (exact) mass is 347 g/mol. The number of esters is 1. The molecule has 4 aromatic rings. The average Bonchev–Trinajstić information content (AvgIpc) is 3.27. The van der Waals surface area contributed by atoms with Crippen LogP contribution in [0.3, 0.4) is 0 Å². The first-order chi connectivity index (χ1) is 12.6. The lowest BCUT2D eigenvalue weighted by atomic mass is 10.00. The Morgan fingerprint density at radius 2 is 2.08 bits per heavy atom. The van der Waals surface area contributed by atoms with Gasteiger partial charge in [0.1, 0.15) is 5.82 Å². The van der Waals surface area contributed by atoms with E-state index in [-0.39, 0.29) is 5.97 Å². The summed E-state index contributed by atoms with van der Waals surface area (Å²) in [5.74, 6) is 0.351. The molecule has 130 valence electrons. The molecule has 1 aromatic carbocycles. The Kier molecular flexibility index (Phi) is 3.76. The predicted octanol–water partition coefficient (Wildman–Crippen LogP) is 3.12. The van der Waals surface area contributed by atoms with Crippen LogP contribution in [0.2, 0.25) is 0 Å². The molecule has 0 saturated carbocycles. The van der Waals surface area contributed by atoms with Crippen molar-refractivity contribution in [2.24, 2.45) is 7.05 Å². The van der Waals surface area contributed by atoms with Crippen molar-refractivity contribution in [2.75, 3.05) is 7.11 Å². The van der Waals surface area contributed by atoms with Gasteiger partial charge in [-0.15, -0.1) is 0 Å². The number of carbonyl (C=O) groups excluding carboxylic acids is 1. The van der Waals surface area contributed by atoms with E-state index < -0.39 is 0 Å². The van der Waals surface area contributed by atoms with Crippen molar-refractivity contribution < 1.29 is 9.53 Å². The number of aryl methyl sites for hydroxylation is 2. The molecule has 1 N–H and O–H groups in total. The van der Waals surface area contributed by atoms with Gasteiger partial charge in [-0.3, -0.25) is 4.68 Å². The molecule has 3 heterocycles. The number of hydrogen-bond acceptors (Lipinski definition) is 5. The molecule has 0 aliphatic rings. The van der Waals surface area contributed by atoms with Crippen molar-refractivity contribution in [2.45, 2.75) is 6.92 Å². The van der Waals surface area contributed by atoms with Crippen LogP contribution in [0.4, 0.5) is 0 Å². The Bertz CT molecular complexity index is 1130. The molecule has 0 atom stereocenters. The fraction of sp³-hybridized carbons (Fsp3) is 0.158. The van der Waals surface area contributed by atoms with Gasteiger partial charge in [0.05, 0.1) is 30.0 Å². The second-order valence-electron chi connectivity index (χ2n) is 6.07. The van der Waals surface area contributed by atoms with Crippen molar-refractivity contribution in [1.82, 2.24) is 24.7 Å². The number of rotatable bonds is 3. The normalized spacial score (nSPS) is 11.0. The molecule has 7 heteroatoms. The third-order valence-electron chi connectivity index (χ3n) is 4.32. The summed E-state index contributed by atoms with van der Waals surface area (Å²) >= 11 is 0. The molecular weight excluding hydrogens is 330 g/mol. The smallest absolute Gasteiger partial charge is 0.338 e. The number of benzene rings is 1. The maximum atomic E-state index is 12.0. The number of hydrogen-bond donors (Lipinski definition) is 1. The van der Waals surface area contributed by atoms with Crippen LogP contribution in [0, 0.1) is 6.92 Å². The van der Waals surface area contributed by atoms with Gasteiger partial charge < -0.3 is 9.72 Å². The molecule has 0 bridgehead atoms. The maximum absolute atomic E-state index is 12.0. The van der Waals surface area contributed by atoms with Gasteiger partial charge in [-0.25, -0.2) is 14.8 Å². The fourth-order valence-electron chi connectivity index (χ4n) is 2.95. The zero-order valence-corrected chi connectivity index (χ0v) is 14.6. The van der Waals surface area contributed by atoms with Gasteiger partial charge >= 0.3 is 5.97 Å². The van der Waals surface area contributed by atoms with Gasteiger partial charge in [0, 0.05) is 25.0 Å². The quantitative estimate of drug-likeness (QED) is 0.576. The lowest BCUT2D eigenvalue weighted by Crippen LogP contribution is -2.03. The topological polar surface area (TPSA) is 85.7 Å². The highest BCUT2D eigenvalue weighted by molar-refractivity contribution is 5.96. The van der Waals surface area contributed by atoms with Crippen LogP contribution in [0.5, 0.6) is 0 Å². The van der Waals surface area contributed by atoms with E-state index in [9.17, 15) is 4.79 Å². The van der Waals surface area contributed by atoms with E-state index in [1.54, 1.807) is 17.1 Å². The highest BCUT2D eigenvalue weighted by Crippen LogP contribution is 2.29. The lowest BCUT2D eigenvalue weighted by Gasteiger charge is -2.08. The molecule has 0 fully saturated rings. The number of nitrogens with zero attached hydrogens (tertiary/aromatic N) is 4. The Morgan fingerprint density at radius 1 is 1.23 bits per heavy atom. The average molecular weight is 347 g/mol. The molecule has 0 saturated heterocycles. The predicted molar refractivity (Wildman–Crippen MR) is 97.6 cm³/mol. The molecule has 0 amide bonds. The van der Waals surface area contributed by atoms with Crippen molar-refractivity contribution in [1.29, 1.82) is 0 Å². The molecular formula is C19H17N5O2. The Morgan fingerprint density at radius 3 is 2.81 bits per heavy atom. The van der Waals surface area contributed by atoms with Crippen LogP contribution in [0.15, 0.2) is 42.9 Å². The highest BCUT2D eigenvalue weighted by atomic mass is 16.5. The Hall–Kier alpha value is -3.48. The van der Waals surface area contributed by atoms with E-state index in [4.69, 9.17) is 4.74 Å². The highest BCUT2D eigenvalue weighted by Gasteiger charge is 2.15. The number of ether oxygens (including phenoxy) is 1. The number of carbonyl (C=O) groups is 1. The second-order valence-corrected chi connectivity index (χ2v) is 6.07. The fourth-order valence-corrected chi connectivity index (χ4v) is 2.95. The summed E-state index contributed by atoms with van der Waals surface area (Å²) in [6.45, 7) is 1.88. The third-order valence-corrected chi connectivity index (χ3v) is 4.32. The molecule has 3 aromatic heterocycles. The Balaban J connectivity index is 1.87. The number of H-pyrrole nitrogens is 1. The van der Waals surface area contributed by atoms with Crippen LogP contribution in [0.25, 0.3) is 33.7 Å². The van der Waals surface area contributed by atoms with Gasteiger partial charge in [-0.05, 0) is 30.2 Å². The molecule has 0 aliphatic heterocycles. The van der Waals surface area contributed by atoms with Gasteiger partial charge in [-0.2, -0.15) is 5.10 Å². The summed E-state index contributed by atoms with van der Waals surface area (Å²) in [6.07, 6.45) is 5.35. The minimum atomic E-state index is -0.352. The Labute approximate surface area is 149 Å². The number of pyridine rings is 1. The van der Waals surface area contributed by atoms with Crippen molar-refractivity contribution in [3.8, 4) is 22.5 Å². The molecule has 0 radical (unpaired) electrons. The first-order valence-corrected chi connectivity index (χ1v) is 8.10. The number of imidazole rings is 1. The number of methoxy groups -OCH3 is 1. The number of aromatic amines is 1. The zero-order chi connectivity index (χ0) is 18.3. The number of aromatic nitrogens is 5. The summed E-state index contributed by atoms with van der Waals surface area (Å²) < 4.78 is 6.60.